The lowest BCUT2D eigenvalue weighted by Crippen LogP contribution is -2.05. The second-order valence-corrected chi connectivity index (χ2v) is 5.81. The average molecular weight is 319 g/mol. The Hall–Kier alpha value is -1.35. The van der Waals surface area contributed by atoms with Gasteiger partial charge in [0, 0.05) is 6.54 Å². The summed E-state index contributed by atoms with van der Waals surface area (Å²) in [6.07, 6.45) is 0. The zero-order valence-corrected chi connectivity index (χ0v) is 13.4. The fourth-order valence-electron chi connectivity index (χ4n) is 2.39. The number of pyridine rings is 1. The van der Waals surface area contributed by atoms with Gasteiger partial charge >= 0.3 is 0 Å². The number of nitrogens with zero attached hydrogens (tertiary/aromatic N) is 1. The number of aromatic nitrogens is 1. The maximum absolute atomic E-state index is 4.40. The van der Waals surface area contributed by atoms with E-state index in [0.29, 0.717) is 0 Å². The molecule has 1 aromatic carbocycles. The molecule has 0 saturated heterocycles. The Balaban J connectivity index is 2.19. The Kier molecular flexibility index (Phi) is 4.25. The van der Waals surface area contributed by atoms with E-state index in [-0.39, 0.29) is 0 Å². The summed E-state index contributed by atoms with van der Waals surface area (Å²) in [6, 6.07) is 8.49. The fourth-order valence-corrected chi connectivity index (χ4v) is 2.79. The standard InChI is InChI=1S/C16H19BrN2/c1-10-7-11(2)14(12(3)8-10)9-18-15-5-6-16(17)19-13(15)4/h5-8,18H,9H2,1-4H3. The van der Waals surface area contributed by atoms with Crippen LogP contribution in [-0.2, 0) is 6.54 Å². The number of nitrogens with one attached hydrogen (secondary N) is 1. The first-order valence-electron chi connectivity index (χ1n) is 6.41. The van der Waals surface area contributed by atoms with Crippen molar-refractivity contribution in [2.45, 2.75) is 34.2 Å². The third-order valence-corrected chi connectivity index (χ3v) is 3.79. The number of benzene rings is 1. The molecule has 0 aliphatic heterocycles. The van der Waals surface area contributed by atoms with E-state index in [1.165, 1.54) is 22.3 Å². The van der Waals surface area contributed by atoms with Crippen LogP contribution in [0, 0.1) is 27.7 Å². The maximum atomic E-state index is 4.40. The quantitative estimate of drug-likeness (QED) is 0.830. The van der Waals surface area contributed by atoms with E-state index < -0.39 is 0 Å². The summed E-state index contributed by atoms with van der Waals surface area (Å²) in [4.78, 5) is 4.40. The number of anilines is 1. The van der Waals surface area contributed by atoms with Gasteiger partial charge in [0.05, 0.1) is 11.4 Å². The van der Waals surface area contributed by atoms with E-state index in [9.17, 15) is 0 Å². The number of hydrogen-bond donors (Lipinski definition) is 1. The topological polar surface area (TPSA) is 24.9 Å². The van der Waals surface area contributed by atoms with Gasteiger partial charge in [-0.3, -0.25) is 0 Å². The van der Waals surface area contributed by atoms with Crippen molar-refractivity contribution >= 4 is 21.6 Å². The smallest absolute Gasteiger partial charge is 0.106 e. The summed E-state index contributed by atoms with van der Waals surface area (Å²) in [6.45, 7) is 9.33. The van der Waals surface area contributed by atoms with Gasteiger partial charge in [-0.15, -0.1) is 0 Å². The first-order valence-corrected chi connectivity index (χ1v) is 7.20. The van der Waals surface area contributed by atoms with Crippen LogP contribution < -0.4 is 5.32 Å². The molecule has 0 spiro atoms. The van der Waals surface area contributed by atoms with E-state index in [4.69, 9.17) is 0 Å². The summed E-state index contributed by atoms with van der Waals surface area (Å²) in [7, 11) is 0. The first kappa shape index (κ1) is 14.1. The summed E-state index contributed by atoms with van der Waals surface area (Å²) >= 11 is 3.38. The number of rotatable bonds is 3. The van der Waals surface area contributed by atoms with Crippen LogP contribution in [0.5, 0.6) is 0 Å². The van der Waals surface area contributed by atoms with E-state index >= 15 is 0 Å². The molecule has 0 amide bonds. The first-order chi connectivity index (χ1) is 8.97. The Labute approximate surface area is 123 Å². The highest BCUT2D eigenvalue weighted by atomic mass is 79.9. The number of hydrogen-bond acceptors (Lipinski definition) is 2. The molecule has 0 radical (unpaired) electrons. The molecule has 1 heterocycles. The second-order valence-electron chi connectivity index (χ2n) is 5.00. The molecule has 0 saturated carbocycles. The molecule has 3 heteroatoms. The van der Waals surface area contributed by atoms with E-state index in [2.05, 4.69) is 65.2 Å². The SMILES string of the molecule is Cc1cc(C)c(CNc2ccc(Br)nc2C)c(C)c1. The molecule has 2 rings (SSSR count). The molecule has 19 heavy (non-hydrogen) atoms. The second kappa shape index (κ2) is 5.74. The summed E-state index contributed by atoms with van der Waals surface area (Å²) in [5.74, 6) is 0. The molecule has 1 aromatic heterocycles. The van der Waals surface area contributed by atoms with Crippen LogP contribution in [0.15, 0.2) is 28.9 Å². The van der Waals surface area contributed by atoms with Crippen LogP contribution in [0.25, 0.3) is 0 Å². The van der Waals surface area contributed by atoms with Crippen LogP contribution >= 0.6 is 15.9 Å². The van der Waals surface area contributed by atoms with Crippen LogP contribution in [0.3, 0.4) is 0 Å². The minimum absolute atomic E-state index is 0.835. The monoisotopic (exact) mass is 318 g/mol. The van der Waals surface area contributed by atoms with Crippen LogP contribution in [0.1, 0.15) is 27.9 Å². The number of halogens is 1. The third-order valence-electron chi connectivity index (χ3n) is 3.35. The van der Waals surface area contributed by atoms with E-state index in [1.54, 1.807) is 0 Å². The lowest BCUT2D eigenvalue weighted by molar-refractivity contribution is 1.06. The van der Waals surface area contributed by atoms with Crippen molar-refractivity contribution in [3.05, 3.63) is 56.8 Å². The average Bonchev–Trinajstić information content (AvgIpc) is 2.30. The van der Waals surface area contributed by atoms with Crippen LogP contribution in [-0.4, -0.2) is 4.98 Å². The molecule has 0 atom stereocenters. The Morgan fingerprint density at radius 1 is 1.05 bits per heavy atom. The van der Waals surface area contributed by atoms with Crippen LogP contribution in [0.2, 0.25) is 0 Å². The highest BCUT2D eigenvalue weighted by Crippen LogP contribution is 2.20. The summed E-state index contributed by atoms with van der Waals surface area (Å²) in [5.41, 5.74) is 7.47. The molecule has 2 nitrogen and oxygen atoms in total. The summed E-state index contributed by atoms with van der Waals surface area (Å²) in [5, 5.41) is 3.47. The normalized spacial score (nSPS) is 10.6. The van der Waals surface area contributed by atoms with Crippen molar-refractivity contribution < 1.29 is 0 Å². The van der Waals surface area contributed by atoms with Crippen molar-refractivity contribution in [1.29, 1.82) is 0 Å². The van der Waals surface area contributed by atoms with Crippen molar-refractivity contribution in [2.75, 3.05) is 5.32 Å². The lowest BCUT2D eigenvalue weighted by Gasteiger charge is -2.14. The van der Waals surface area contributed by atoms with E-state index in [1.807, 2.05) is 13.0 Å². The van der Waals surface area contributed by atoms with Crippen molar-refractivity contribution in [2.24, 2.45) is 0 Å². The van der Waals surface area contributed by atoms with Crippen molar-refractivity contribution in [3.8, 4) is 0 Å². The minimum atomic E-state index is 0.835. The Bertz CT molecular complexity index is 583. The maximum Gasteiger partial charge on any atom is 0.106 e. The van der Waals surface area contributed by atoms with Crippen molar-refractivity contribution in [3.63, 3.8) is 0 Å². The Morgan fingerprint density at radius 2 is 1.68 bits per heavy atom. The minimum Gasteiger partial charge on any atom is -0.379 e. The molecule has 1 N–H and O–H groups in total. The lowest BCUT2D eigenvalue weighted by atomic mass is 10.00. The zero-order chi connectivity index (χ0) is 14.0. The molecule has 0 bridgehead atoms. The fraction of sp³-hybridized carbons (Fsp3) is 0.312. The van der Waals surface area contributed by atoms with Gasteiger partial charge in [0.15, 0.2) is 0 Å². The highest BCUT2D eigenvalue weighted by molar-refractivity contribution is 9.10. The Morgan fingerprint density at radius 3 is 2.26 bits per heavy atom. The van der Waals surface area contributed by atoms with Gasteiger partial charge in [-0.2, -0.15) is 0 Å². The van der Waals surface area contributed by atoms with Gasteiger partial charge in [0.2, 0.25) is 0 Å². The molecular formula is C16H19BrN2. The van der Waals surface area contributed by atoms with Gasteiger partial charge in [-0.05, 0) is 72.4 Å². The molecular weight excluding hydrogens is 300 g/mol. The van der Waals surface area contributed by atoms with Gasteiger partial charge in [0.25, 0.3) is 0 Å². The number of aryl methyl sites for hydroxylation is 4. The predicted molar refractivity (Wildman–Crippen MR) is 84.7 cm³/mol. The van der Waals surface area contributed by atoms with Gasteiger partial charge in [-0.25, -0.2) is 4.98 Å². The highest BCUT2D eigenvalue weighted by Gasteiger charge is 2.05. The molecule has 0 aliphatic carbocycles. The van der Waals surface area contributed by atoms with Gasteiger partial charge in [-0.1, -0.05) is 17.7 Å². The molecule has 2 aromatic rings. The zero-order valence-electron chi connectivity index (χ0n) is 11.8. The molecule has 0 unspecified atom stereocenters. The van der Waals surface area contributed by atoms with Gasteiger partial charge in [0.1, 0.15) is 4.60 Å². The largest absolute Gasteiger partial charge is 0.379 e. The molecule has 0 aliphatic rings. The predicted octanol–water partition coefficient (Wildman–Crippen LogP) is 4.69. The molecule has 100 valence electrons. The third kappa shape index (κ3) is 3.35. The van der Waals surface area contributed by atoms with E-state index in [0.717, 1.165) is 22.5 Å². The molecule has 0 fully saturated rings. The summed E-state index contributed by atoms with van der Waals surface area (Å²) < 4.78 is 0.873. The van der Waals surface area contributed by atoms with Gasteiger partial charge < -0.3 is 5.32 Å². The van der Waals surface area contributed by atoms with Crippen LogP contribution in [0.4, 0.5) is 5.69 Å². The van der Waals surface area contributed by atoms with Crippen molar-refractivity contribution in [1.82, 2.24) is 4.98 Å².